The molecule has 0 unspecified atom stereocenters. The Kier molecular flexibility index (Phi) is 9.12. The van der Waals surface area contributed by atoms with Crippen molar-refractivity contribution in [3.05, 3.63) is 77.9 Å². The molecule has 4 saturated carbocycles. The third kappa shape index (κ3) is 7.04. The Morgan fingerprint density at radius 2 is 1.55 bits per heavy atom. The topological polar surface area (TPSA) is 98.3 Å². The summed E-state index contributed by atoms with van der Waals surface area (Å²) in [5, 5.41) is 7.00. The number of nitrogens with one attached hydrogen (secondary N) is 2. The quantitative estimate of drug-likeness (QED) is 0.139. The maximum atomic E-state index is 12.7. The monoisotopic (exact) mass is 613 g/mol. The molecule has 4 aliphatic rings. The standard InChI is InChI=1S/C35H39N3O5S/c1-41-29-8-10-30(11-9-29)44-22-34(40)38-36-20-23-3-12-31(32(16-23)42-2)43-21-33(39)37-28-6-4-27(5-7-28)35-17-24-13-25(18-35)15-26(14-24)19-35/h3-12,16,20,24-26H,13-15,17-19,21-22H2,1-2H3,(H,37,39)(H,38,40)/b36-20+. The molecule has 0 saturated heterocycles. The van der Waals surface area contributed by atoms with Gasteiger partial charge in [0.25, 0.3) is 5.91 Å². The fourth-order valence-corrected chi connectivity index (χ4v) is 8.32. The van der Waals surface area contributed by atoms with Crippen LogP contribution in [0.15, 0.2) is 76.7 Å². The molecule has 4 bridgehead atoms. The van der Waals surface area contributed by atoms with Gasteiger partial charge in [-0.05, 0) is 127 Å². The molecule has 7 rings (SSSR count). The van der Waals surface area contributed by atoms with E-state index in [0.717, 1.165) is 34.1 Å². The van der Waals surface area contributed by atoms with Crippen molar-refractivity contribution in [2.75, 3.05) is 31.9 Å². The Morgan fingerprint density at radius 3 is 2.18 bits per heavy atom. The van der Waals surface area contributed by atoms with Crippen LogP contribution < -0.4 is 25.0 Å². The SMILES string of the molecule is COc1ccc(SCC(=O)N/N=C/c2ccc(OCC(=O)Nc3ccc(C45CC6CC(CC(C6)C4)C5)cc3)c(OC)c2)cc1. The number of carbonyl (C=O) groups excluding carboxylic acids is 2. The minimum absolute atomic E-state index is 0.150. The van der Waals surface area contributed by atoms with E-state index in [1.54, 1.807) is 25.3 Å². The van der Waals surface area contributed by atoms with Crippen LogP contribution >= 0.6 is 11.8 Å². The molecule has 2 N–H and O–H groups in total. The van der Waals surface area contributed by atoms with Gasteiger partial charge in [0, 0.05) is 10.6 Å². The van der Waals surface area contributed by atoms with Crippen molar-refractivity contribution in [2.24, 2.45) is 22.9 Å². The molecule has 0 aromatic heterocycles. The highest BCUT2D eigenvalue weighted by atomic mass is 32.2. The Morgan fingerprint density at radius 1 is 0.864 bits per heavy atom. The number of methoxy groups -OCH3 is 2. The Bertz CT molecular complexity index is 1470. The average Bonchev–Trinajstić information content (AvgIpc) is 3.03. The lowest BCUT2D eigenvalue weighted by Crippen LogP contribution is -2.48. The highest BCUT2D eigenvalue weighted by molar-refractivity contribution is 8.00. The Hall–Kier alpha value is -3.98. The van der Waals surface area contributed by atoms with E-state index in [0.29, 0.717) is 22.5 Å². The minimum atomic E-state index is -0.240. The molecule has 0 spiro atoms. The number of ether oxygens (including phenoxy) is 3. The average molecular weight is 614 g/mol. The van der Waals surface area contributed by atoms with Crippen molar-refractivity contribution in [1.29, 1.82) is 0 Å². The van der Waals surface area contributed by atoms with E-state index >= 15 is 0 Å². The van der Waals surface area contributed by atoms with Gasteiger partial charge in [-0.2, -0.15) is 5.10 Å². The van der Waals surface area contributed by atoms with Crippen molar-refractivity contribution >= 4 is 35.5 Å². The lowest BCUT2D eigenvalue weighted by Gasteiger charge is -2.57. The van der Waals surface area contributed by atoms with Gasteiger partial charge in [-0.3, -0.25) is 9.59 Å². The van der Waals surface area contributed by atoms with Gasteiger partial charge in [0.15, 0.2) is 18.1 Å². The van der Waals surface area contributed by atoms with Gasteiger partial charge in [-0.15, -0.1) is 11.8 Å². The highest BCUT2D eigenvalue weighted by Gasteiger charge is 2.51. The van der Waals surface area contributed by atoms with Crippen LogP contribution in [-0.4, -0.2) is 44.6 Å². The summed E-state index contributed by atoms with van der Waals surface area (Å²) in [5.41, 5.74) is 5.80. The molecule has 4 aliphatic carbocycles. The number of hydrogen-bond acceptors (Lipinski definition) is 7. The van der Waals surface area contributed by atoms with E-state index in [2.05, 4.69) is 28.0 Å². The van der Waals surface area contributed by atoms with Gasteiger partial charge in [-0.25, -0.2) is 5.43 Å². The molecular formula is C35H39N3O5S. The molecule has 3 aromatic carbocycles. The third-order valence-electron chi connectivity index (χ3n) is 9.20. The molecule has 4 fully saturated rings. The molecule has 0 radical (unpaired) electrons. The second-order valence-electron chi connectivity index (χ2n) is 12.3. The van der Waals surface area contributed by atoms with Crippen molar-refractivity contribution in [2.45, 2.75) is 48.8 Å². The molecule has 9 heteroatoms. The zero-order chi connectivity index (χ0) is 30.5. The van der Waals surface area contributed by atoms with Gasteiger partial charge in [-0.1, -0.05) is 12.1 Å². The maximum Gasteiger partial charge on any atom is 0.262 e. The number of thioether (sulfide) groups is 1. The largest absolute Gasteiger partial charge is 0.497 e. The van der Waals surface area contributed by atoms with Crippen LogP contribution in [0.25, 0.3) is 0 Å². The summed E-state index contributed by atoms with van der Waals surface area (Å²) in [7, 11) is 3.15. The zero-order valence-electron chi connectivity index (χ0n) is 25.2. The summed E-state index contributed by atoms with van der Waals surface area (Å²) >= 11 is 1.41. The summed E-state index contributed by atoms with van der Waals surface area (Å²) < 4.78 is 16.4. The number of rotatable bonds is 12. The molecular weight excluding hydrogens is 574 g/mol. The van der Waals surface area contributed by atoms with E-state index in [1.807, 2.05) is 36.4 Å². The van der Waals surface area contributed by atoms with Crippen molar-refractivity contribution < 1.29 is 23.8 Å². The normalized spacial score (nSPS) is 23.4. The second kappa shape index (κ2) is 13.3. The van der Waals surface area contributed by atoms with Crippen LogP contribution in [0.1, 0.15) is 49.7 Å². The number of hydrazone groups is 1. The van der Waals surface area contributed by atoms with E-state index in [4.69, 9.17) is 14.2 Å². The molecule has 8 nitrogen and oxygen atoms in total. The smallest absolute Gasteiger partial charge is 0.262 e. The van der Waals surface area contributed by atoms with Crippen molar-refractivity contribution in [3.8, 4) is 17.2 Å². The molecule has 230 valence electrons. The Labute approximate surface area is 262 Å². The first kappa shape index (κ1) is 30.1. The number of anilines is 1. The number of hydrogen-bond donors (Lipinski definition) is 2. The summed E-state index contributed by atoms with van der Waals surface area (Å²) in [6, 6.07) is 21.2. The van der Waals surface area contributed by atoms with E-state index in [9.17, 15) is 9.59 Å². The summed E-state index contributed by atoms with van der Waals surface area (Å²) in [6.45, 7) is -0.150. The minimum Gasteiger partial charge on any atom is -0.497 e. The number of amides is 2. The first-order valence-electron chi connectivity index (χ1n) is 15.2. The fraction of sp³-hybridized carbons (Fsp3) is 0.400. The van der Waals surface area contributed by atoms with Gasteiger partial charge in [0.05, 0.1) is 26.2 Å². The van der Waals surface area contributed by atoms with Crippen LogP contribution in [0.4, 0.5) is 5.69 Å². The van der Waals surface area contributed by atoms with Crippen LogP contribution in [0.3, 0.4) is 0 Å². The second-order valence-corrected chi connectivity index (χ2v) is 13.3. The van der Waals surface area contributed by atoms with Crippen LogP contribution in [0.2, 0.25) is 0 Å². The van der Waals surface area contributed by atoms with Crippen molar-refractivity contribution in [3.63, 3.8) is 0 Å². The highest BCUT2D eigenvalue weighted by Crippen LogP contribution is 2.60. The van der Waals surface area contributed by atoms with Crippen LogP contribution in [-0.2, 0) is 15.0 Å². The van der Waals surface area contributed by atoms with E-state index in [1.165, 1.54) is 69.2 Å². The lowest BCUT2D eigenvalue weighted by molar-refractivity contribution is -0.119. The molecule has 0 heterocycles. The fourth-order valence-electron chi connectivity index (χ4n) is 7.63. The summed E-state index contributed by atoms with van der Waals surface area (Å²) in [4.78, 5) is 25.8. The molecule has 2 amide bonds. The zero-order valence-corrected chi connectivity index (χ0v) is 26.0. The molecule has 3 aromatic rings. The van der Waals surface area contributed by atoms with E-state index in [-0.39, 0.29) is 24.2 Å². The van der Waals surface area contributed by atoms with Gasteiger partial charge in [0.2, 0.25) is 5.91 Å². The molecule has 0 atom stereocenters. The number of nitrogens with zero attached hydrogens (tertiary/aromatic N) is 1. The van der Waals surface area contributed by atoms with Crippen LogP contribution in [0.5, 0.6) is 17.2 Å². The van der Waals surface area contributed by atoms with Gasteiger partial charge >= 0.3 is 0 Å². The third-order valence-corrected chi connectivity index (χ3v) is 10.2. The lowest BCUT2D eigenvalue weighted by atomic mass is 9.48. The van der Waals surface area contributed by atoms with E-state index < -0.39 is 0 Å². The molecule has 0 aliphatic heterocycles. The van der Waals surface area contributed by atoms with Crippen LogP contribution in [0, 0.1) is 17.8 Å². The first-order valence-corrected chi connectivity index (χ1v) is 16.2. The van der Waals surface area contributed by atoms with Crippen molar-refractivity contribution in [1.82, 2.24) is 5.43 Å². The first-order chi connectivity index (χ1) is 21.4. The number of carbonyl (C=O) groups is 2. The summed E-state index contributed by atoms with van der Waals surface area (Å²) in [5.74, 6) is 4.14. The van der Waals surface area contributed by atoms with Gasteiger partial charge in [0.1, 0.15) is 5.75 Å². The number of benzene rings is 3. The maximum absolute atomic E-state index is 12.7. The Balaban J connectivity index is 0.964. The predicted molar refractivity (Wildman–Crippen MR) is 173 cm³/mol. The predicted octanol–water partition coefficient (Wildman–Crippen LogP) is 6.43. The van der Waals surface area contributed by atoms with Gasteiger partial charge < -0.3 is 19.5 Å². The molecule has 44 heavy (non-hydrogen) atoms. The summed E-state index contributed by atoms with van der Waals surface area (Å²) in [6.07, 6.45) is 9.79.